The van der Waals surface area contributed by atoms with Crippen molar-refractivity contribution in [1.82, 2.24) is 0 Å². The highest BCUT2D eigenvalue weighted by atomic mass is 32.1. The summed E-state index contributed by atoms with van der Waals surface area (Å²) in [5.41, 5.74) is 12.9. The van der Waals surface area contributed by atoms with Gasteiger partial charge in [-0.25, -0.2) is 0 Å². The molecule has 0 amide bonds. The van der Waals surface area contributed by atoms with Gasteiger partial charge in [-0.2, -0.15) is 0 Å². The van der Waals surface area contributed by atoms with Crippen molar-refractivity contribution in [2.24, 2.45) is 0 Å². The summed E-state index contributed by atoms with van der Waals surface area (Å²) in [7, 11) is 0. The van der Waals surface area contributed by atoms with Gasteiger partial charge in [-0.3, -0.25) is 0 Å². The molecule has 1 aliphatic carbocycles. The van der Waals surface area contributed by atoms with Crippen molar-refractivity contribution in [2.45, 2.75) is 12.8 Å². The summed E-state index contributed by atoms with van der Waals surface area (Å²) in [5, 5.41) is 13.0. The van der Waals surface area contributed by atoms with Crippen LogP contribution in [0.25, 0.3) is 113 Å². The molecule has 0 saturated heterocycles. The Bertz CT molecular complexity index is 3430. The zero-order valence-corrected chi connectivity index (χ0v) is 33.3. The van der Waals surface area contributed by atoms with Crippen LogP contribution in [0.15, 0.2) is 206 Å². The van der Waals surface area contributed by atoms with E-state index in [1.54, 1.807) is 0 Å². The van der Waals surface area contributed by atoms with Crippen LogP contribution in [0.3, 0.4) is 0 Å². The number of thiophene rings is 1. The lowest BCUT2D eigenvalue weighted by atomic mass is 9.84. The molecule has 0 atom stereocenters. The fourth-order valence-electron chi connectivity index (χ4n) is 9.96. The van der Waals surface area contributed by atoms with Gasteiger partial charge in [0.15, 0.2) is 0 Å². The van der Waals surface area contributed by atoms with E-state index in [2.05, 4.69) is 206 Å². The van der Waals surface area contributed by atoms with Gasteiger partial charge in [-0.05, 0) is 124 Å². The first kappa shape index (κ1) is 34.0. The molecule has 276 valence electrons. The number of allylic oxidation sites excluding steroid dienone is 4. The number of fused-ring (bicyclic) bond motifs is 7. The zero-order valence-electron chi connectivity index (χ0n) is 32.5. The van der Waals surface area contributed by atoms with Crippen LogP contribution in [0.5, 0.6) is 0 Å². The first-order valence-electron chi connectivity index (χ1n) is 20.6. The minimum atomic E-state index is 1.06. The summed E-state index contributed by atoms with van der Waals surface area (Å²) in [6.07, 6.45) is 8.98. The molecule has 11 aromatic rings. The first-order chi connectivity index (χ1) is 29.3. The van der Waals surface area contributed by atoms with Crippen LogP contribution in [0.4, 0.5) is 0 Å². The second-order valence-electron chi connectivity index (χ2n) is 15.8. The van der Waals surface area contributed by atoms with Crippen LogP contribution in [0.1, 0.15) is 18.4 Å². The van der Waals surface area contributed by atoms with E-state index in [-0.39, 0.29) is 0 Å². The number of hydrogen-bond donors (Lipinski definition) is 0. The van der Waals surface area contributed by atoms with Crippen molar-refractivity contribution in [1.29, 1.82) is 0 Å². The first-order valence-corrected chi connectivity index (χ1v) is 21.5. The summed E-state index contributed by atoms with van der Waals surface area (Å²) in [5.74, 6) is 0. The van der Waals surface area contributed by atoms with Gasteiger partial charge in [-0.1, -0.05) is 188 Å². The normalized spacial score (nSPS) is 13.0. The Balaban J connectivity index is 1.08. The summed E-state index contributed by atoms with van der Waals surface area (Å²) in [6, 6.07) is 70.0. The number of rotatable bonds is 5. The Hall–Kier alpha value is -7.06. The van der Waals surface area contributed by atoms with Crippen molar-refractivity contribution in [3.63, 3.8) is 0 Å². The third kappa shape index (κ3) is 5.43. The molecule has 0 bridgehead atoms. The minimum absolute atomic E-state index is 1.06. The van der Waals surface area contributed by atoms with Crippen LogP contribution in [0.2, 0.25) is 0 Å². The smallest absolute Gasteiger partial charge is 0.0434 e. The molecule has 0 saturated carbocycles. The lowest BCUT2D eigenvalue weighted by Gasteiger charge is -2.20. The van der Waals surface area contributed by atoms with E-state index < -0.39 is 0 Å². The number of hydrogen-bond acceptors (Lipinski definition) is 1. The molecule has 1 heteroatoms. The van der Waals surface area contributed by atoms with Crippen LogP contribution >= 0.6 is 11.3 Å². The highest BCUT2D eigenvalue weighted by Crippen LogP contribution is 2.49. The van der Waals surface area contributed by atoms with Gasteiger partial charge < -0.3 is 0 Å². The summed E-state index contributed by atoms with van der Waals surface area (Å²) in [6.45, 7) is 0. The van der Waals surface area contributed by atoms with Gasteiger partial charge in [0.05, 0.1) is 0 Å². The van der Waals surface area contributed by atoms with Crippen LogP contribution in [0, 0.1) is 0 Å². The second kappa shape index (κ2) is 13.8. The molecule has 0 nitrogen and oxygen atoms in total. The van der Waals surface area contributed by atoms with Gasteiger partial charge in [0.2, 0.25) is 0 Å². The summed E-state index contributed by atoms with van der Waals surface area (Å²) in [4.78, 5) is 0. The molecule has 59 heavy (non-hydrogen) atoms. The fraction of sp³-hybridized carbons (Fsp3) is 0.0345. The minimum Gasteiger partial charge on any atom is -0.135 e. The van der Waals surface area contributed by atoms with Gasteiger partial charge in [0.1, 0.15) is 0 Å². The lowest BCUT2D eigenvalue weighted by Crippen LogP contribution is -1.95. The third-order valence-corrected chi connectivity index (χ3v) is 13.7. The molecule has 0 fully saturated rings. The molecule has 1 heterocycles. The molecule has 1 aromatic heterocycles. The predicted molar refractivity (Wildman–Crippen MR) is 257 cm³/mol. The van der Waals surface area contributed by atoms with Crippen molar-refractivity contribution in [3.05, 3.63) is 212 Å². The topological polar surface area (TPSA) is 0 Å². The Morgan fingerprint density at radius 2 is 0.831 bits per heavy atom. The molecule has 0 unspecified atom stereocenters. The molecular weight excluding hydrogens is 729 g/mol. The van der Waals surface area contributed by atoms with E-state index >= 15 is 0 Å². The zero-order chi connectivity index (χ0) is 38.9. The summed E-state index contributed by atoms with van der Waals surface area (Å²) >= 11 is 1.92. The molecule has 0 radical (unpaired) electrons. The molecule has 0 N–H and O–H groups in total. The SMILES string of the molecule is C1=CCCC(c2c3ccccc3c(-c3cccc4c3sc3ccc(-c5c6ccccc6c(-c6cccc(-c7ccccc7)c6)c6ccccc56)cc34)c3ccccc23)=C1. The summed E-state index contributed by atoms with van der Waals surface area (Å²) < 4.78 is 2.65. The molecule has 12 rings (SSSR count). The van der Waals surface area contributed by atoms with E-state index in [1.807, 2.05) is 11.3 Å². The van der Waals surface area contributed by atoms with Gasteiger partial charge >= 0.3 is 0 Å². The van der Waals surface area contributed by atoms with Crippen molar-refractivity contribution in [2.75, 3.05) is 0 Å². The maximum absolute atomic E-state index is 2.46. The van der Waals surface area contributed by atoms with Gasteiger partial charge in [0.25, 0.3) is 0 Å². The second-order valence-corrected chi connectivity index (χ2v) is 16.8. The average molecular weight is 767 g/mol. The Labute approximate surface area is 347 Å². The quantitative estimate of drug-likeness (QED) is 0.153. The molecular formula is C58H38S. The van der Waals surface area contributed by atoms with Crippen molar-refractivity contribution in [3.8, 4) is 44.5 Å². The van der Waals surface area contributed by atoms with Gasteiger partial charge in [0, 0.05) is 25.7 Å². The molecule has 0 aliphatic heterocycles. The van der Waals surface area contributed by atoms with Crippen molar-refractivity contribution < 1.29 is 0 Å². The Morgan fingerprint density at radius 3 is 1.42 bits per heavy atom. The predicted octanol–water partition coefficient (Wildman–Crippen LogP) is 17.1. The van der Waals surface area contributed by atoms with E-state index in [9.17, 15) is 0 Å². The molecule has 1 aliphatic rings. The highest BCUT2D eigenvalue weighted by molar-refractivity contribution is 7.26. The van der Waals surface area contributed by atoms with E-state index in [4.69, 9.17) is 0 Å². The van der Waals surface area contributed by atoms with Crippen LogP contribution < -0.4 is 0 Å². The lowest BCUT2D eigenvalue weighted by molar-refractivity contribution is 1.06. The number of benzene rings is 10. The van der Waals surface area contributed by atoms with E-state index in [0.717, 1.165) is 12.8 Å². The average Bonchev–Trinajstić information content (AvgIpc) is 3.69. The molecule has 0 spiro atoms. The van der Waals surface area contributed by atoms with E-state index in [1.165, 1.54) is 119 Å². The van der Waals surface area contributed by atoms with E-state index in [0.29, 0.717) is 0 Å². The standard InChI is InChI=1S/C58H38S/c1-3-17-37(18-4-1)39-21-15-22-40(35-39)55-42-23-7-9-25-44(42)56(45-26-10-8-24-43(45)55)41-33-34-53-52(36-41)50-31-16-32-51(58(50)59-53)57-48-29-13-11-27-46(48)54(38-19-5-2-6-20-38)47-28-12-14-30-49(47)57/h1-5,7-19,21-36H,6,20H2. The van der Waals surface area contributed by atoms with Crippen LogP contribution in [-0.4, -0.2) is 0 Å². The monoisotopic (exact) mass is 766 g/mol. The van der Waals surface area contributed by atoms with Crippen molar-refractivity contribution >= 4 is 80.2 Å². The van der Waals surface area contributed by atoms with Gasteiger partial charge in [-0.15, -0.1) is 11.3 Å². The Morgan fingerprint density at radius 1 is 0.339 bits per heavy atom. The highest BCUT2D eigenvalue weighted by Gasteiger charge is 2.22. The Kier molecular flexibility index (Phi) is 7.96. The maximum atomic E-state index is 2.46. The largest absolute Gasteiger partial charge is 0.135 e. The maximum Gasteiger partial charge on any atom is 0.0434 e. The fourth-order valence-corrected chi connectivity index (χ4v) is 11.2. The third-order valence-electron chi connectivity index (χ3n) is 12.5. The molecule has 10 aromatic carbocycles. The van der Waals surface area contributed by atoms with Crippen LogP contribution in [-0.2, 0) is 0 Å².